The summed E-state index contributed by atoms with van der Waals surface area (Å²) in [5.74, 6) is 0.769. The molecule has 2 N–H and O–H groups in total. The van der Waals surface area contributed by atoms with Gasteiger partial charge in [-0.3, -0.25) is 4.99 Å². The molecule has 24 heavy (non-hydrogen) atoms. The lowest BCUT2D eigenvalue weighted by atomic mass is 10.2. The van der Waals surface area contributed by atoms with Crippen molar-refractivity contribution in [2.45, 2.75) is 19.0 Å². The van der Waals surface area contributed by atoms with Crippen molar-refractivity contribution in [3.8, 4) is 0 Å². The van der Waals surface area contributed by atoms with E-state index < -0.39 is 0 Å². The van der Waals surface area contributed by atoms with Gasteiger partial charge in [-0.15, -0.1) is 24.0 Å². The van der Waals surface area contributed by atoms with E-state index in [1.165, 1.54) is 0 Å². The molecule has 0 radical (unpaired) electrons. The number of anilines is 1. The van der Waals surface area contributed by atoms with Crippen molar-refractivity contribution in [1.82, 2.24) is 15.8 Å². The maximum absolute atomic E-state index is 6.07. The molecule has 1 atom stereocenters. The van der Waals surface area contributed by atoms with Crippen molar-refractivity contribution in [2.75, 3.05) is 25.0 Å². The Hall–Kier alpha value is -1.48. The summed E-state index contributed by atoms with van der Waals surface area (Å²) in [4.78, 5) is 6.59. The largest absolute Gasteiger partial charge is 0.369 e. The van der Waals surface area contributed by atoms with Crippen LogP contribution in [-0.2, 0) is 6.54 Å². The van der Waals surface area contributed by atoms with Gasteiger partial charge in [0.25, 0.3) is 0 Å². The predicted octanol–water partition coefficient (Wildman–Crippen LogP) is 2.89. The van der Waals surface area contributed by atoms with Crippen LogP contribution in [0.5, 0.6) is 0 Å². The minimum absolute atomic E-state index is 0. The van der Waals surface area contributed by atoms with Gasteiger partial charge in [0.15, 0.2) is 5.96 Å². The molecule has 2 aromatic rings. The second kappa shape index (κ2) is 9.12. The van der Waals surface area contributed by atoms with Crippen LogP contribution in [0.15, 0.2) is 46.1 Å². The van der Waals surface area contributed by atoms with E-state index in [-0.39, 0.29) is 24.0 Å². The molecule has 8 heteroatoms. The lowest BCUT2D eigenvalue weighted by molar-refractivity contribution is 0.410. The van der Waals surface area contributed by atoms with Crippen molar-refractivity contribution in [2.24, 2.45) is 4.99 Å². The Morgan fingerprint density at radius 3 is 3.04 bits per heavy atom. The first-order chi connectivity index (χ1) is 11.2. The van der Waals surface area contributed by atoms with E-state index in [1.54, 1.807) is 13.3 Å². The van der Waals surface area contributed by atoms with Crippen LogP contribution in [0.25, 0.3) is 0 Å². The fourth-order valence-corrected chi connectivity index (χ4v) is 2.86. The number of rotatable bonds is 4. The van der Waals surface area contributed by atoms with Gasteiger partial charge in [0.05, 0.1) is 6.54 Å². The Morgan fingerprint density at radius 1 is 1.46 bits per heavy atom. The van der Waals surface area contributed by atoms with Crippen LogP contribution >= 0.6 is 35.6 Å². The number of hydrogen-bond acceptors (Lipinski definition) is 4. The number of guanidine groups is 1. The van der Waals surface area contributed by atoms with Gasteiger partial charge in [-0.05, 0) is 24.6 Å². The first-order valence-electron chi connectivity index (χ1n) is 7.61. The van der Waals surface area contributed by atoms with Gasteiger partial charge in [0.1, 0.15) is 12.0 Å². The zero-order valence-corrected chi connectivity index (χ0v) is 16.5. The predicted molar refractivity (Wildman–Crippen MR) is 107 cm³/mol. The Kier molecular flexibility index (Phi) is 7.16. The van der Waals surface area contributed by atoms with Crippen LogP contribution in [0.3, 0.4) is 0 Å². The number of aromatic nitrogens is 1. The van der Waals surface area contributed by atoms with Crippen molar-refractivity contribution >= 4 is 47.2 Å². The summed E-state index contributed by atoms with van der Waals surface area (Å²) in [5, 5.41) is 11.3. The van der Waals surface area contributed by atoms with E-state index in [0.29, 0.717) is 12.6 Å². The molecule has 1 fully saturated rings. The average molecular weight is 462 g/mol. The molecule has 0 saturated carbocycles. The summed E-state index contributed by atoms with van der Waals surface area (Å²) < 4.78 is 4.82. The normalized spacial score (nSPS) is 17.5. The topological polar surface area (TPSA) is 65.7 Å². The highest BCUT2D eigenvalue weighted by molar-refractivity contribution is 14.0. The maximum atomic E-state index is 6.07. The van der Waals surface area contributed by atoms with E-state index in [9.17, 15) is 0 Å². The number of halogens is 2. The van der Waals surface area contributed by atoms with Crippen molar-refractivity contribution in [3.63, 3.8) is 0 Å². The summed E-state index contributed by atoms with van der Waals surface area (Å²) in [6.07, 6.45) is 2.62. The van der Waals surface area contributed by atoms with E-state index in [0.717, 1.165) is 41.9 Å². The number of aliphatic imine (C=N–C) groups is 1. The molecular formula is C16H21ClIN5O. The van der Waals surface area contributed by atoms with Gasteiger partial charge in [0.2, 0.25) is 0 Å². The Labute approximate surface area is 163 Å². The molecule has 1 aromatic heterocycles. The van der Waals surface area contributed by atoms with Gasteiger partial charge in [-0.25, -0.2) is 0 Å². The molecule has 0 spiro atoms. The smallest absolute Gasteiger partial charge is 0.191 e. The molecule has 1 saturated heterocycles. The third-order valence-electron chi connectivity index (χ3n) is 3.85. The molecule has 130 valence electrons. The second-order valence-electron chi connectivity index (χ2n) is 5.47. The zero-order chi connectivity index (χ0) is 16.1. The summed E-state index contributed by atoms with van der Waals surface area (Å²) in [5.41, 5.74) is 2.01. The fraction of sp³-hybridized carbons (Fsp3) is 0.375. The molecular weight excluding hydrogens is 441 g/mol. The summed E-state index contributed by atoms with van der Waals surface area (Å²) in [7, 11) is 1.77. The summed E-state index contributed by atoms with van der Waals surface area (Å²) in [6, 6.07) is 10.1. The molecule has 0 amide bonds. The number of hydrogen-bond donors (Lipinski definition) is 2. The zero-order valence-electron chi connectivity index (χ0n) is 13.4. The molecule has 0 bridgehead atoms. The second-order valence-corrected chi connectivity index (χ2v) is 5.91. The van der Waals surface area contributed by atoms with Crippen LogP contribution in [0.4, 0.5) is 5.69 Å². The van der Waals surface area contributed by atoms with Crippen LogP contribution in [0.2, 0.25) is 5.02 Å². The molecule has 1 aromatic carbocycles. The molecule has 1 aliphatic heterocycles. The van der Waals surface area contributed by atoms with Gasteiger partial charge >= 0.3 is 0 Å². The SMILES string of the molecule is CN=C(NCc1ccon1)NC1CCN(c2cccc(Cl)c2)C1.I. The minimum atomic E-state index is 0. The maximum Gasteiger partial charge on any atom is 0.191 e. The quantitative estimate of drug-likeness (QED) is 0.416. The Morgan fingerprint density at radius 2 is 2.33 bits per heavy atom. The number of benzene rings is 1. The number of nitrogens with zero attached hydrogens (tertiary/aromatic N) is 3. The highest BCUT2D eigenvalue weighted by atomic mass is 127. The monoisotopic (exact) mass is 461 g/mol. The summed E-state index contributed by atoms with van der Waals surface area (Å²) in [6.45, 7) is 2.50. The fourth-order valence-electron chi connectivity index (χ4n) is 2.68. The van der Waals surface area contributed by atoms with Gasteiger partial charge < -0.3 is 20.1 Å². The first kappa shape index (κ1) is 18.9. The van der Waals surface area contributed by atoms with E-state index in [4.69, 9.17) is 16.1 Å². The number of nitrogens with one attached hydrogen (secondary N) is 2. The lowest BCUT2D eigenvalue weighted by Crippen LogP contribution is -2.44. The van der Waals surface area contributed by atoms with Crippen molar-refractivity contribution < 1.29 is 4.52 Å². The van der Waals surface area contributed by atoms with Crippen LogP contribution in [0, 0.1) is 0 Å². The van der Waals surface area contributed by atoms with Crippen molar-refractivity contribution in [1.29, 1.82) is 0 Å². The highest BCUT2D eigenvalue weighted by Crippen LogP contribution is 2.23. The van der Waals surface area contributed by atoms with E-state index >= 15 is 0 Å². The summed E-state index contributed by atoms with van der Waals surface area (Å²) >= 11 is 6.07. The van der Waals surface area contributed by atoms with E-state index in [1.807, 2.05) is 24.3 Å². The minimum Gasteiger partial charge on any atom is -0.369 e. The van der Waals surface area contributed by atoms with E-state index in [2.05, 4.69) is 31.7 Å². The average Bonchev–Trinajstić information content (AvgIpc) is 3.23. The molecule has 0 aliphatic carbocycles. The molecule has 1 aliphatic rings. The van der Waals surface area contributed by atoms with Crippen LogP contribution < -0.4 is 15.5 Å². The third-order valence-corrected chi connectivity index (χ3v) is 4.09. The molecule has 6 nitrogen and oxygen atoms in total. The Balaban J connectivity index is 0.00000208. The third kappa shape index (κ3) is 5.01. The van der Waals surface area contributed by atoms with Crippen LogP contribution in [0.1, 0.15) is 12.1 Å². The standard InChI is InChI=1S/C16H20ClN5O.HI/c1-18-16(19-10-13-6-8-23-21-13)20-14-5-7-22(11-14)15-4-2-3-12(17)9-15;/h2-4,6,8-9,14H,5,7,10-11H2,1H3,(H2,18,19,20);1H. The Bertz CT molecular complexity index is 664. The van der Waals surface area contributed by atoms with Gasteiger partial charge in [-0.1, -0.05) is 22.8 Å². The molecule has 2 heterocycles. The van der Waals surface area contributed by atoms with Crippen LogP contribution in [-0.4, -0.2) is 37.3 Å². The lowest BCUT2D eigenvalue weighted by Gasteiger charge is -2.20. The van der Waals surface area contributed by atoms with Gasteiger partial charge in [0, 0.05) is 43.0 Å². The highest BCUT2D eigenvalue weighted by Gasteiger charge is 2.23. The molecule has 3 rings (SSSR count). The van der Waals surface area contributed by atoms with Crippen molar-refractivity contribution in [3.05, 3.63) is 47.3 Å². The first-order valence-corrected chi connectivity index (χ1v) is 7.99. The van der Waals surface area contributed by atoms with Gasteiger partial charge in [-0.2, -0.15) is 0 Å². The molecule has 1 unspecified atom stereocenters.